The summed E-state index contributed by atoms with van der Waals surface area (Å²) < 4.78 is 0. The number of nitrogens with two attached hydrogens (primary N) is 1. The molecule has 25 heavy (non-hydrogen) atoms. The van der Waals surface area contributed by atoms with Crippen molar-refractivity contribution in [2.75, 3.05) is 19.6 Å². The summed E-state index contributed by atoms with van der Waals surface area (Å²) in [5.74, 6) is 6.47. The van der Waals surface area contributed by atoms with Gasteiger partial charge in [0, 0.05) is 18.8 Å². The monoisotopic (exact) mass is 342 g/mol. The van der Waals surface area contributed by atoms with Gasteiger partial charge in [0.15, 0.2) is 0 Å². The van der Waals surface area contributed by atoms with Crippen LogP contribution in [0.4, 0.5) is 0 Å². The van der Waals surface area contributed by atoms with E-state index in [1.165, 1.54) is 37.7 Å². The van der Waals surface area contributed by atoms with Crippen LogP contribution in [0, 0.1) is 0 Å². The van der Waals surface area contributed by atoms with Gasteiger partial charge in [0.05, 0.1) is 5.71 Å². The molecule has 3 N–H and O–H groups in total. The molecule has 0 bridgehead atoms. The van der Waals surface area contributed by atoms with Crippen LogP contribution in [0.2, 0.25) is 0 Å². The SMILES string of the molecule is NN=C(C=NC1CCCCC1)CN1CCC(c2cccc(O)c2)CC1. The predicted octanol–water partition coefficient (Wildman–Crippen LogP) is 3.29. The number of phenolic OH excluding ortho intramolecular Hbond substituents is 1. The molecule has 1 heterocycles. The van der Waals surface area contributed by atoms with Gasteiger partial charge >= 0.3 is 0 Å². The maximum absolute atomic E-state index is 9.66. The van der Waals surface area contributed by atoms with Gasteiger partial charge in [-0.3, -0.25) is 9.89 Å². The van der Waals surface area contributed by atoms with Crippen molar-refractivity contribution >= 4 is 11.9 Å². The van der Waals surface area contributed by atoms with Gasteiger partial charge in [-0.15, -0.1) is 0 Å². The molecule has 0 aromatic heterocycles. The highest BCUT2D eigenvalue weighted by atomic mass is 16.3. The Morgan fingerprint density at radius 1 is 1.16 bits per heavy atom. The fraction of sp³-hybridized carbons (Fsp3) is 0.600. The van der Waals surface area contributed by atoms with Crippen LogP contribution >= 0.6 is 0 Å². The lowest BCUT2D eigenvalue weighted by Crippen LogP contribution is -2.37. The van der Waals surface area contributed by atoms with E-state index in [1.54, 1.807) is 6.07 Å². The fourth-order valence-corrected chi connectivity index (χ4v) is 3.97. The standard InChI is InChI=1S/C20H30N4O/c21-23-19(14-22-18-6-2-1-3-7-18)15-24-11-9-16(10-12-24)17-5-4-8-20(25)13-17/h4-5,8,13-14,16,18,25H,1-3,6-7,9-12,15,21H2. The maximum atomic E-state index is 9.66. The zero-order valence-electron chi connectivity index (χ0n) is 15.0. The van der Waals surface area contributed by atoms with Crippen molar-refractivity contribution in [1.29, 1.82) is 0 Å². The van der Waals surface area contributed by atoms with E-state index < -0.39 is 0 Å². The molecule has 1 aromatic rings. The summed E-state index contributed by atoms with van der Waals surface area (Å²) in [4.78, 5) is 7.10. The Hall–Kier alpha value is -1.88. The highest BCUT2D eigenvalue weighted by molar-refractivity contribution is 6.31. The molecule has 0 radical (unpaired) electrons. The van der Waals surface area contributed by atoms with Crippen molar-refractivity contribution in [3.05, 3.63) is 29.8 Å². The van der Waals surface area contributed by atoms with E-state index in [9.17, 15) is 5.11 Å². The summed E-state index contributed by atoms with van der Waals surface area (Å²) in [6.07, 6.45) is 10.4. The topological polar surface area (TPSA) is 74.2 Å². The first-order valence-corrected chi connectivity index (χ1v) is 9.56. The van der Waals surface area contributed by atoms with Crippen molar-refractivity contribution in [1.82, 2.24) is 4.90 Å². The molecule has 1 aliphatic heterocycles. The Balaban J connectivity index is 1.48. The Morgan fingerprint density at radius 3 is 2.60 bits per heavy atom. The third-order valence-electron chi connectivity index (χ3n) is 5.49. The van der Waals surface area contributed by atoms with Crippen LogP contribution in [0.15, 0.2) is 34.4 Å². The summed E-state index contributed by atoms with van der Waals surface area (Å²) >= 11 is 0. The second-order valence-electron chi connectivity index (χ2n) is 7.34. The van der Waals surface area contributed by atoms with E-state index in [1.807, 2.05) is 18.3 Å². The average Bonchev–Trinajstić information content (AvgIpc) is 2.66. The number of hydrazone groups is 1. The van der Waals surface area contributed by atoms with Gasteiger partial charge in [0.1, 0.15) is 5.75 Å². The highest BCUT2D eigenvalue weighted by Crippen LogP contribution is 2.29. The summed E-state index contributed by atoms with van der Waals surface area (Å²) in [5.41, 5.74) is 2.12. The van der Waals surface area contributed by atoms with Crippen molar-refractivity contribution < 1.29 is 5.11 Å². The normalized spacial score (nSPS) is 21.8. The highest BCUT2D eigenvalue weighted by Gasteiger charge is 2.21. The largest absolute Gasteiger partial charge is 0.508 e. The minimum absolute atomic E-state index is 0.358. The lowest BCUT2D eigenvalue weighted by atomic mass is 9.89. The number of likely N-dealkylation sites (tertiary alicyclic amines) is 1. The Labute approximate surface area is 150 Å². The molecule has 2 aliphatic rings. The lowest BCUT2D eigenvalue weighted by molar-refractivity contribution is 0.239. The average molecular weight is 342 g/mol. The van der Waals surface area contributed by atoms with Gasteiger partial charge in [-0.25, -0.2) is 0 Å². The molecular formula is C20H30N4O. The quantitative estimate of drug-likeness (QED) is 0.490. The van der Waals surface area contributed by atoms with E-state index >= 15 is 0 Å². The molecule has 0 atom stereocenters. The summed E-state index contributed by atoms with van der Waals surface area (Å²) in [5, 5.41) is 13.6. The number of phenols is 1. The number of nitrogens with zero attached hydrogens (tertiary/aromatic N) is 3. The summed E-state index contributed by atoms with van der Waals surface area (Å²) in [7, 11) is 0. The number of hydrogen-bond donors (Lipinski definition) is 2. The van der Waals surface area contributed by atoms with Crippen LogP contribution in [0.5, 0.6) is 5.75 Å². The fourth-order valence-electron chi connectivity index (χ4n) is 3.97. The first-order valence-electron chi connectivity index (χ1n) is 9.56. The molecule has 136 valence electrons. The molecule has 0 unspecified atom stereocenters. The van der Waals surface area contributed by atoms with Crippen LogP contribution < -0.4 is 5.84 Å². The molecule has 1 aromatic carbocycles. The molecular weight excluding hydrogens is 312 g/mol. The zero-order chi connectivity index (χ0) is 17.5. The molecule has 0 amide bonds. The van der Waals surface area contributed by atoms with Gasteiger partial charge < -0.3 is 10.9 Å². The van der Waals surface area contributed by atoms with Crippen LogP contribution in [-0.2, 0) is 0 Å². The molecule has 1 aliphatic carbocycles. The maximum Gasteiger partial charge on any atom is 0.115 e. The molecule has 1 saturated heterocycles. The van der Waals surface area contributed by atoms with Crippen molar-refractivity contribution in [2.45, 2.75) is 56.9 Å². The van der Waals surface area contributed by atoms with Gasteiger partial charge in [-0.2, -0.15) is 5.10 Å². The van der Waals surface area contributed by atoms with Gasteiger partial charge in [0.25, 0.3) is 0 Å². The number of aromatic hydroxyl groups is 1. The number of benzene rings is 1. The number of piperidine rings is 1. The van der Waals surface area contributed by atoms with Gasteiger partial charge in [-0.05, 0) is 62.4 Å². The van der Waals surface area contributed by atoms with Gasteiger partial charge in [0.2, 0.25) is 0 Å². The number of aliphatic imine (C=N–C) groups is 1. The second-order valence-corrected chi connectivity index (χ2v) is 7.34. The predicted molar refractivity (Wildman–Crippen MR) is 104 cm³/mol. The Kier molecular flexibility index (Phi) is 6.45. The second kappa shape index (κ2) is 8.99. The minimum atomic E-state index is 0.358. The van der Waals surface area contributed by atoms with Crippen LogP contribution in [-0.4, -0.2) is 47.6 Å². The van der Waals surface area contributed by atoms with Crippen LogP contribution in [0.3, 0.4) is 0 Å². The van der Waals surface area contributed by atoms with E-state index in [2.05, 4.69) is 16.1 Å². The van der Waals surface area contributed by atoms with E-state index in [4.69, 9.17) is 10.8 Å². The Morgan fingerprint density at radius 2 is 1.92 bits per heavy atom. The van der Waals surface area contributed by atoms with Crippen molar-refractivity contribution in [3.8, 4) is 5.75 Å². The van der Waals surface area contributed by atoms with Crippen molar-refractivity contribution in [3.63, 3.8) is 0 Å². The third kappa shape index (κ3) is 5.30. The Bertz CT molecular complexity index is 599. The zero-order valence-corrected chi connectivity index (χ0v) is 15.0. The molecule has 0 spiro atoms. The van der Waals surface area contributed by atoms with Crippen LogP contribution in [0.1, 0.15) is 56.4 Å². The van der Waals surface area contributed by atoms with E-state index in [0.29, 0.717) is 17.7 Å². The molecule has 1 saturated carbocycles. The van der Waals surface area contributed by atoms with E-state index in [0.717, 1.165) is 38.2 Å². The molecule has 3 rings (SSSR count). The molecule has 5 heteroatoms. The summed E-state index contributed by atoms with van der Waals surface area (Å²) in [6, 6.07) is 8.13. The van der Waals surface area contributed by atoms with E-state index in [-0.39, 0.29) is 0 Å². The molecule has 2 fully saturated rings. The summed E-state index contributed by atoms with van der Waals surface area (Å²) in [6.45, 7) is 2.83. The first-order chi connectivity index (χ1) is 12.2. The lowest BCUT2D eigenvalue weighted by Gasteiger charge is -2.32. The smallest absolute Gasteiger partial charge is 0.115 e. The molecule has 5 nitrogen and oxygen atoms in total. The van der Waals surface area contributed by atoms with Gasteiger partial charge in [-0.1, -0.05) is 31.4 Å². The van der Waals surface area contributed by atoms with Crippen molar-refractivity contribution in [2.24, 2.45) is 15.9 Å². The number of rotatable bonds is 5. The minimum Gasteiger partial charge on any atom is -0.508 e. The number of hydrogen-bond acceptors (Lipinski definition) is 5. The van der Waals surface area contributed by atoms with Crippen LogP contribution in [0.25, 0.3) is 0 Å². The third-order valence-corrected chi connectivity index (χ3v) is 5.49. The first kappa shape index (κ1) is 17.9.